The van der Waals surface area contributed by atoms with Crippen molar-refractivity contribution in [3.8, 4) is 0 Å². The standard InChI is InChI=1S/C18H23FN6/c1-3-20-17-14(12(2)22-11-23-17)9-16-21-10-15(19)18(25-16)24-13-7-5-4-6-8-13/h3,10-11,13H,1,4-9H2,2H3,(H,20,22,23)(H,21,24,25). The monoisotopic (exact) mass is 342 g/mol. The summed E-state index contributed by atoms with van der Waals surface area (Å²) in [6.45, 7) is 5.56. The summed E-state index contributed by atoms with van der Waals surface area (Å²) in [6.07, 6.45) is 10.4. The van der Waals surface area contributed by atoms with Crippen molar-refractivity contribution in [3.63, 3.8) is 0 Å². The summed E-state index contributed by atoms with van der Waals surface area (Å²) >= 11 is 0. The van der Waals surface area contributed by atoms with Crippen LogP contribution in [0.25, 0.3) is 0 Å². The van der Waals surface area contributed by atoms with Gasteiger partial charge in [-0.3, -0.25) is 0 Å². The van der Waals surface area contributed by atoms with Crippen LogP contribution in [0.5, 0.6) is 0 Å². The van der Waals surface area contributed by atoms with Gasteiger partial charge in [-0.25, -0.2) is 24.3 Å². The molecular weight excluding hydrogens is 319 g/mol. The third-order valence-corrected chi connectivity index (χ3v) is 4.47. The second kappa shape index (κ2) is 8.00. The average molecular weight is 342 g/mol. The number of rotatable bonds is 6. The summed E-state index contributed by atoms with van der Waals surface area (Å²) in [5.74, 6) is 1.06. The molecule has 0 spiro atoms. The zero-order valence-electron chi connectivity index (χ0n) is 14.4. The van der Waals surface area contributed by atoms with E-state index in [1.807, 2.05) is 6.92 Å². The van der Waals surface area contributed by atoms with Gasteiger partial charge in [0.1, 0.15) is 18.0 Å². The Balaban J connectivity index is 1.81. The SMILES string of the molecule is C=CNc1ncnc(C)c1Cc1ncc(F)c(NC2CCCCC2)n1. The Labute approximate surface area is 147 Å². The van der Waals surface area contributed by atoms with Crippen molar-refractivity contribution in [2.75, 3.05) is 10.6 Å². The Hall–Kier alpha value is -2.57. The van der Waals surface area contributed by atoms with Gasteiger partial charge in [0, 0.05) is 23.7 Å². The minimum absolute atomic E-state index is 0.282. The molecule has 1 aliphatic rings. The molecule has 25 heavy (non-hydrogen) atoms. The number of aromatic nitrogens is 4. The predicted molar refractivity (Wildman–Crippen MR) is 95.9 cm³/mol. The van der Waals surface area contributed by atoms with E-state index in [-0.39, 0.29) is 11.9 Å². The van der Waals surface area contributed by atoms with Gasteiger partial charge >= 0.3 is 0 Å². The van der Waals surface area contributed by atoms with Gasteiger partial charge in [-0.1, -0.05) is 25.8 Å². The van der Waals surface area contributed by atoms with Crippen LogP contribution in [-0.4, -0.2) is 26.0 Å². The highest BCUT2D eigenvalue weighted by Crippen LogP contribution is 2.23. The van der Waals surface area contributed by atoms with Gasteiger partial charge in [-0.05, 0) is 26.0 Å². The molecule has 6 nitrogen and oxygen atoms in total. The lowest BCUT2D eigenvalue weighted by Gasteiger charge is -2.23. The van der Waals surface area contributed by atoms with Crippen LogP contribution in [0.4, 0.5) is 16.0 Å². The number of nitrogens with one attached hydrogen (secondary N) is 2. The molecule has 0 aromatic carbocycles. The summed E-state index contributed by atoms with van der Waals surface area (Å²) in [5.41, 5.74) is 1.70. The van der Waals surface area contributed by atoms with Crippen LogP contribution >= 0.6 is 0 Å². The van der Waals surface area contributed by atoms with E-state index in [2.05, 4.69) is 37.1 Å². The van der Waals surface area contributed by atoms with Gasteiger partial charge in [0.2, 0.25) is 0 Å². The second-order valence-electron chi connectivity index (χ2n) is 6.27. The van der Waals surface area contributed by atoms with Gasteiger partial charge in [0.05, 0.1) is 6.20 Å². The quantitative estimate of drug-likeness (QED) is 0.835. The second-order valence-corrected chi connectivity index (χ2v) is 6.27. The van der Waals surface area contributed by atoms with Crippen LogP contribution in [0.3, 0.4) is 0 Å². The summed E-state index contributed by atoms with van der Waals surface area (Å²) in [7, 11) is 0. The number of hydrogen-bond donors (Lipinski definition) is 2. The fourth-order valence-corrected chi connectivity index (χ4v) is 3.12. The number of aryl methyl sites for hydroxylation is 1. The summed E-state index contributed by atoms with van der Waals surface area (Å²) < 4.78 is 14.1. The average Bonchev–Trinajstić information content (AvgIpc) is 2.62. The van der Waals surface area contributed by atoms with Gasteiger partial charge in [0.15, 0.2) is 11.6 Å². The van der Waals surface area contributed by atoms with E-state index in [0.717, 1.165) is 24.1 Å². The third-order valence-electron chi connectivity index (χ3n) is 4.47. The van der Waals surface area contributed by atoms with Crippen LogP contribution in [0.15, 0.2) is 25.3 Å². The Morgan fingerprint density at radius 2 is 2.00 bits per heavy atom. The fourth-order valence-electron chi connectivity index (χ4n) is 3.12. The first-order valence-electron chi connectivity index (χ1n) is 8.63. The van der Waals surface area contributed by atoms with Crippen molar-refractivity contribution >= 4 is 11.6 Å². The lowest BCUT2D eigenvalue weighted by atomic mass is 9.95. The Kier molecular flexibility index (Phi) is 5.53. The minimum atomic E-state index is -0.417. The molecule has 0 bridgehead atoms. The molecule has 0 unspecified atom stereocenters. The van der Waals surface area contributed by atoms with Crippen molar-refractivity contribution in [1.82, 2.24) is 19.9 Å². The van der Waals surface area contributed by atoms with E-state index in [4.69, 9.17) is 0 Å². The van der Waals surface area contributed by atoms with E-state index in [1.165, 1.54) is 31.8 Å². The van der Waals surface area contributed by atoms with Crippen molar-refractivity contribution in [2.45, 2.75) is 51.5 Å². The van der Waals surface area contributed by atoms with Gasteiger partial charge in [-0.15, -0.1) is 0 Å². The molecule has 132 valence electrons. The van der Waals surface area contributed by atoms with Crippen LogP contribution in [0, 0.1) is 12.7 Å². The van der Waals surface area contributed by atoms with E-state index in [9.17, 15) is 4.39 Å². The maximum Gasteiger partial charge on any atom is 0.183 e. The molecule has 3 rings (SSSR count). The molecule has 0 aliphatic heterocycles. The van der Waals surface area contributed by atoms with Crippen LogP contribution in [0.1, 0.15) is 49.2 Å². The lowest BCUT2D eigenvalue weighted by Crippen LogP contribution is -2.24. The molecular formula is C18H23FN6. The molecule has 0 radical (unpaired) electrons. The first kappa shape index (κ1) is 17.3. The van der Waals surface area contributed by atoms with Crippen molar-refractivity contribution in [3.05, 3.63) is 48.2 Å². The minimum Gasteiger partial charge on any atom is -0.365 e. The molecule has 0 atom stereocenters. The molecule has 2 heterocycles. The predicted octanol–water partition coefficient (Wildman–Crippen LogP) is 3.60. The van der Waals surface area contributed by atoms with E-state index in [0.29, 0.717) is 18.1 Å². The molecule has 1 fully saturated rings. The van der Waals surface area contributed by atoms with Gasteiger partial charge in [0.25, 0.3) is 0 Å². The van der Waals surface area contributed by atoms with E-state index < -0.39 is 5.82 Å². The van der Waals surface area contributed by atoms with Crippen LogP contribution < -0.4 is 10.6 Å². The Morgan fingerprint density at radius 1 is 1.20 bits per heavy atom. The Morgan fingerprint density at radius 3 is 2.76 bits per heavy atom. The summed E-state index contributed by atoms with van der Waals surface area (Å²) in [5, 5.41) is 6.24. The Bertz CT molecular complexity index is 742. The molecule has 7 heteroatoms. The first-order chi connectivity index (χ1) is 12.2. The first-order valence-corrected chi connectivity index (χ1v) is 8.63. The zero-order chi connectivity index (χ0) is 17.6. The lowest BCUT2D eigenvalue weighted by molar-refractivity contribution is 0.459. The normalized spacial score (nSPS) is 15.0. The van der Waals surface area contributed by atoms with Gasteiger partial charge < -0.3 is 10.6 Å². The summed E-state index contributed by atoms with van der Waals surface area (Å²) in [4.78, 5) is 17.0. The molecule has 0 saturated heterocycles. The highest BCUT2D eigenvalue weighted by molar-refractivity contribution is 5.49. The van der Waals surface area contributed by atoms with Crippen molar-refractivity contribution in [2.24, 2.45) is 0 Å². The molecule has 1 aliphatic carbocycles. The topological polar surface area (TPSA) is 75.6 Å². The maximum atomic E-state index is 14.1. The highest BCUT2D eigenvalue weighted by atomic mass is 19.1. The summed E-state index contributed by atoms with van der Waals surface area (Å²) in [6, 6.07) is 0.283. The molecule has 2 aromatic heterocycles. The van der Waals surface area contributed by atoms with Crippen molar-refractivity contribution in [1.29, 1.82) is 0 Å². The third kappa shape index (κ3) is 4.29. The smallest absolute Gasteiger partial charge is 0.183 e. The van der Waals surface area contributed by atoms with E-state index in [1.54, 1.807) is 6.20 Å². The number of hydrogen-bond acceptors (Lipinski definition) is 6. The van der Waals surface area contributed by atoms with Gasteiger partial charge in [-0.2, -0.15) is 0 Å². The maximum absolute atomic E-state index is 14.1. The molecule has 2 N–H and O–H groups in total. The number of halogens is 1. The highest BCUT2D eigenvalue weighted by Gasteiger charge is 2.17. The number of nitrogens with zero attached hydrogens (tertiary/aromatic N) is 4. The largest absolute Gasteiger partial charge is 0.365 e. The zero-order valence-corrected chi connectivity index (χ0v) is 14.4. The molecule has 1 saturated carbocycles. The van der Waals surface area contributed by atoms with Crippen molar-refractivity contribution < 1.29 is 4.39 Å². The molecule has 2 aromatic rings. The number of anilines is 2. The fraction of sp³-hybridized carbons (Fsp3) is 0.444. The van der Waals surface area contributed by atoms with Crippen LogP contribution in [-0.2, 0) is 6.42 Å². The van der Waals surface area contributed by atoms with E-state index >= 15 is 0 Å². The van der Waals surface area contributed by atoms with Crippen LogP contribution in [0.2, 0.25) is 0 Å². The molecule has 0 amide bonds.